The van der Waals surface area contributed by atoms with Crippen molar-refractivity contribution in [1.29, 1.82) is 0 Å². The Hall–Kier alpha value is -2.88. The molecule has 4 heteroatoms. The summed E-state index contributed by atoms with van der Waals surface area (Å²) in [6.45, 7) is 2.02. The number of hydrogen-bond acceptors (Lipinski definition) is 4. The largest absolute Gasteiger partial charge is 0.384 e. The van der Waals surface area contributed by atoms with E-state index < -0.39 is 0 Å². The van der Waals surface area contributed by atoms with Gasteiger partial charge in [-0.25, -0.2) is 4.98 Å². The van der Waals surface area contributed by atoms with Crippen LogP contribution in [-0.2, 0) is 0 Å². The third-order valence-corrected chi connectivity index (χ3v) is 3.25. The molecule has 0 fully saturated rings. The molecule has 0 spiro atoms. The molecule has 0 saturated heterocycles. The van der Waals surface area contributed by atoms with Gasteiger partial charge >= 0.3 is 0 Å². The van der Waals surface area contributed by atoms with E-state index in [1.165, 1.54) is 0 Å². The number of benzene rings is 1. The molecule has 0 atom stereocenters. The van der Waals surface area contributed by atoms with E-state index in [4.69, 9.17) is 5.73 Å². The molecule has 3 rings (SSSR count). The van der Waals surface area contributed by atoms with Crippen LogP contribution in [0.3, 0.4) is 0 Å². The third-order valence-electron chi connectivity index (χ3n) is 3.25. The van der Waals surface area contributed by atoms with Gasteiger partial charge in [-0.15, -0.1) is 0 Å². The van der Waals surface area contributed by atoms with Crippen LogP contribution in [0.4, 0.5) is 17.3 Å². The first-order chi connectivity index (χ1) is 10.2. The summed E-state index contributed by atoms with van der Waals surface area (Å²) in [5.41, 5.74) is 10.1. The molecular formula is C17H16N4. The molecule has 0 bridgehead atoms. The summed E-state index contributed by atoms with van der Waals surface area (Å²) in [5, 5.41) is 3.27. The molecule has 0 saturated carbocycles. The van der Waals surface area contributed by atoms with Gasteiger partial charge < -0.3 is 11.1 Å². The first kappa shape index (κ1) is 13.1. The smallest absolute Gasteiger partial charge is 0.133 e. The maximum atomic E-state index is 5.92. The molecule has 2 heterocycles. The highest BCUT2D eigenvalue weighted by atomic mass is 15.0. The molecule has 104 valence electrons. The summed E-state index contributed by atoms with van der Waals surface area (Å²) in [7, 11) is 0. The highest BCUT2D eigenvalue weighted by Crippen LogP contribution is 2.26. The molecule has 21 heavy (non-hydrogen) atoms. The number of aromatic nitrogens is 2. The lowest BCUT2D eigenvalue weighted by atomic mass is 10.1. The zero-order chi connectivity index (χ0) is 14.7. The zero-order valence-electron chi connectivity index (χ0n) is 11.7. The maximum Gasteiger partial charge on any atom is 0.133 e. The Morgan fingerprint density at radius 3 is 2.57 bits per heavy atom. The summed E-state index contributed by atoms with van der Waals surface area (Å²) >= 11 is 0. The lowest BCUT2D eigenvalue weighted by Crippen LogP contribution is -1.99. The monoisotopic (exact) mass is 276 g/mol. The first-order valence-electron chi connectivity index (χ1n) is 6.73. The molecule has 0 unspecified atom stereocenters. The van der Waals surface area contributed by atoms with Gasteiger partial charge in [0.05, 0.1) is 11.9 Å². The van der Waals surface area contributed by atoms with Gasteiger partial charge in [-0.1, -0.05) is 30.3 Å². The highest BCUT2D eigenvalue weighted by Gasteiger charge is 2.05. The standard InChI is InChI=1S/C17H16N4/c1-12-7-8-19-11-15(12)20-17-10-14(9-16(18)21-17)13-5-3-2-4-6-13/h2-11H,1H3,(H3,18,20,21). The van der Waals surface area contributed by atoms with Crippen molar-refractivity contribution in [2.45, 2.75) is 6.92 Å². The van der Waals surface area contributed by atoms with Crippen LogP contribution in [0.1, 0.15) is 5.56 Å². The van der Waals surface area contributed by atoms with Gasteiger partial charge in [0.25, 0.3) is 0 Å². The van der Waals surface area contributed by atoms with E-state index in [9.17, 15) is 0 Å². The lowest BCUT2D eigenvalue weighted by Gasteiger charge is -2.10. The molecule has 0 amide bonds. The van der Waals surface area contributed by atoms with Crippen molar-refractivity contribution < 1.29 is 0 Å². The predicted molar refractivity (Wildman–Crippen MR) is 86.3 cm³/mol. The van der Waals surface area contributed by atoms with Crippen LogP contribution in [0.5, 0.6) is 0 Å². The molecule has 0 aliphatic carbocycles. The minimum absolute atomic E-state index is 0.486. The number of rotatable bonds is 3. The number of nitrogen functional groups attached to an aromatic ring is 1. The zero-order valence-corrected chi connectivity index (χ0v) is 11.7. The first-order valence-corrected chi connectivity index (χ1v) is 6.73. The maximum absolute atomic E-state index is 5.92. The van der Waals surface area contributed by atoms with Crippen LogP contribution in [0.15, 0.2) is 60.9 Å². The fourth-order valence-corrected chi connectivity index (χ4v) is 2.15. The van der Waals surface area contributed by atoms with Gasteiger partial charge in [-0.3, -0.25) is 4.98 Å². The van der Waals surface area contributed by atoms with Gasteiger partial charge in [0.2, 0.25) is 0 Å². The van der Waals surface area contributed by atoms with Crippen LogP contribution in [0.2, 0.25) is 0 Å². The van der Waals surface area contributed by atoms with Gasteiger partial charge in [-0.05, 0) is 41.8 Å². The third kappa shape index (κ3) is 3.00. The summed E-state index contributed by atoms with van der Waals surface area (Å²) in [6.07, 6.45) is 3.55. The number of nitrogens with two attached hydrogens (primary N) is 1. The summed E-state index contributed by atoms with van der Waals surface area (Å²) in [4.78, 5) is 8.46. The second-order valence-electron chi connectivity index (χ2n) is 4.85. The fourth-order valence-electron chi connectivity index (χ4n) is 2.15. The van der Waals surface area contributed by atoms with E-state index in [0.717, 1.165) is 22.4 Å². The summed E-state index contributed by atoms with van der Waals surface area (Å²) in [6, 6.07) is 15.9. The van der Waals surface area contributed by atoms with Crippen molar-refractivity contribution >= 4 is 17.3 Å². The van der Waals surface area contributed by atoms with Gasteiger partial charge in [-0.2, -0.15) is 0 Å². The van der Waals surface area contributed by atoms with Crippen molar-refractivity contribution in [2.24, 2.45) is 0 Å². The van der Waals surface area contributed by atoms with E-state index in [0.29, 0.717) is 11.6 Å². The number of aryl methyl sites for hydroxylation is 1. The number of nitrogens with zero attached hydrogens (tertiary/aromatic N) is 2. The molecule has 3 aromatic rings. The van der Waals surface area contributed by atoms with Crippen LogP contribution >= 0.6 is 0 Å². The Kier molecular flexibility index (Phi) is 3.51. The Labute approximate surface area is 123 Å². The number of nitrogens with one attached hydrogen (secondary N) is 1. The highest BCUT2D eigenvalue weighted by molar-refractivity contribution is 5.72. The fraction of sp³-hybridized carbons (Fsp3) is 0.0588. The van der Waals surface area contributed by atoms with Gasteiger partial charge in [0, 0.05) is 6.20 Å². The number of hydrogen-bond donors (Lipinski definition) is 2. The normalized spacial score (nSPS) is 10.3. The summed E-state index contributed by atoms with van der Waals surface area (Å²) < 4.78 is 0. The number of pyridine rings is 2. The van der Waals surface area contributed by atoms with Crippen molar-refractivity contribution in [2.75, 3.05) is 11.1 Å². The van der Waals surface area contributed by atoms with E-state index in [1.54, 1.807) is 12.4 Å². The van der Waals surface area contributed by atoms with E-state index in [2.05, 4.69) is 15.3 Å². The Morgan fingerprint density at radius 2 is 1.81 bits per heavy atom. The summed E-state index contributed by atoms with van der Waals surface area (Å²) in [5.74, 6) is 1.20. The van der Waals surface area contributed by atoms with Crippen molar-refractivity contribution in [3.05, 3.63) is 66.5 Å². The van der Waals surface area contributed by atoms with Crippen LogP contribution in [0.25, 0.3) is 11.1 Å². The average Bonchev–Trinajstić information content (AvgIpc) is 2.50. The second kappa shape index (κ2) is 5.63. The number of anilines is 3. The van der Waals surface area contributed by atoms with Crippen molar-refractivity contribution in [1.82, 2.24) is 9.97 Å². The van der Waals surface area contributed by atoms with Crippen LogP contribution in [-0.4, -0.2) is 9.97 Å². The molecular weight excluding hydrogens is 260 g/mol. The molecule has 0 radical (unpaired) electrons. The van der Waals surface area contributed by atoms with E-state index >= 15 is 0 Å². The Balaban J connectivity index is 1.97. The average molecular weight is 276 g/mol. The molecule has 3 N–H and O–H groups in total. The van der Waals surface area contributed by atoms with E-state index in [1.807, 2.05) is 55.5 Å². The van der Waals surface area contributed by atoms with Crippen molar-refractivity contribution in [3.63, 3.8) is 0 Å². The molecule has 2 aromatic heterocycles. The topological polar surface area (TPSA) is 63.8 Å². The van der Waals surface area contributed by atoms with Crippen LogP contribution in [0, 0.1) is 6.92 Å². The molecule has 4 nitrogen and oxygen atoms in total. The SMILES string of the molecule is Cc1ccncc1Nc1cc(-c2ccccc2)cc(N)n1. The van der Waals surface area contributed by atoms with Gasteiger partial charge in [0.1, 0.15) is 11.6 Å². The second-order valence-corrected chi connectivity index (χ2v) is 4.85. The minimum Gasteiger partial charge on any atom is -0.384 e. The van der Waals surface area contributed by atoms with Gasteiger partial charge in [0.15, 0.2) is 0 Å². The quantitative estimate of drug-likeness (QED) is 0.764. The Morgan fingerprint density at radius 1 is 1.00 bits per heavy atom. The minimum atomic E-state index is 0.486. The Bertz CT molecular complexity index is 754. The van der Waals surface area contributed by atoms with E-state index in [-0.39, 0.29) is 0 Å². The molecule has 0 aliphatic rings. The molecule has 1 aromatic carbocycles. The van der Waals surface area contributed by atoms with Crippen LogP contribution < -0.4 is 11.1 Å². The molecule has 0 aliphatic heterocycles. The lowest BCUT2D eigenvalue weighted by molar-refractivity contribution is 1.25. The van der Waals surface area contributed by atoms with Crippen molar-refractivity contribution in [3.8, 4) is 11.1 Å². The predicted octanol–water partition coefficient (Wildman–Crippen LogP) is 3.78.